The summed E-state index contributed by atoms with van der Waals surface area (Å²) in [7, 11) is 3.38. The highest BCUT2D eigenvalue weighted by atomic mass is 16.7. The number of carbonyl (C=O) groups is 1. The Kier molecular flexibility index (Phi) is 6.00. The first-order valence-electron chi connectivity index (χ1n) is 8.80. The number of aliphatic hydroxyl groups is 1. The molecule has 26 heavy (non-hydrogen) atoms. The summed E-state index contributed by atoms with van der Waals surface area (Å²) in [5, 5.41) is 8.88. The zero-order valence-corrected chi connectivity index (χ0v) is 15.1. The Balaban J connectivity index is 1.77. The molecule has 1 aromatic carbocycles. The molecule has 7 heteroatoms. The van der Waals surface area contributed by atoms with Crippen molar-refractivity contribution in [3.63, 3.8) is 0 Å². The van der Waals surface area contributed by atoms with Crippen LogP contribution in [-0.4, -0.2) is 56.3 Å². The summed E-state index contributed by atoms with van der Waals surface area (Å²) in [6, 6.07) is 5.79. The quantitative estimate of drug-likeness (QED) is 0.747. The molecular weight excluding hydrogens is 338 g/mol. The number of hydrogen-bond donors (Lipinski definition) is 1. The zero-order valence-electron chi connectivity index (χ0n) is 15.1. The van der Waals surface area contributed by atoms with Crippen LogP contribution in [0.1, 0.15) is 30.7 Å². The Morgan fingerprint density at radius 2 is 2.08 bits per heavy atom. The molecule has 7 nitrogen and oxygen atoms in total. The number of aliphatic hydroxyl groups excluding tert-OH is 1. The number of unbranched alkanes of at least 4 members (excludes halogenated alkanes) is 1. The Bertz CT molecular complexity index is 672. The third-order valence-corrected chi connectivity index (χ3v) is 4.36. The van der Waals surface area contributed by atoms with Gasteiger partial charge in [0.25, 0.3) is 5.91 Å². The molecule has 2 aliphatic heterocycles. The third kappa shape index (κ3) is 4.28. The van der Waals surface area contributed by atoms with E-state index in [2.05, 4.69) is 0 Å². The third-order valence-electron chi connectivity index (χ3n) is 4.36. The van der Waals surface area contributed by atoms with Crippen molar-refractivity contribution in [3.05, 3.63) is 35.6 Å². The number of hydrogen-bond acceptors (Lipinski definition) is 6. The van der Waals surface area contributed by atoms with Crippen LogP contribution < -0.4 is 9.47 Å². The molecule has 1 aromatic rings. The molecule has 0 aliphatic carbocycles. The molecule has 2 atom stereocenters. The highest BCUT2D eigenvalue weighted by Crippen LogP contribution is 2.38. The second-order valence-corrected chi connectivity index (χ2v) is 6.53. The van der Waals surface area contributed by atoms with Crippen LogP contribution in [0, 0.1) is 0 Å². The summed E-state index contributed by atoms with van der Waals surface area (Å²) < 4.78 is 22.4. The van der Waals surface area contributed by atoms with Gasteiger partial charge >= 0.3 is 0 Å². The van der Waals surface area contributed by atoms with Crippen LogP contribution in [0.25, 0.3) is 0 Å². The fourth-order valence-corrected chi connectivity index (χ4v) is 2.94. The summed E-state index contributed by atoms with van der Waals surface area (Å²) >= 11 is 0. The average Bonchev–Trinajstić information content (AvgIpc) is 3.12. The molecule has 1 N–H and O–H groups in total. The van der Waals surface area contributed by atoms with Crippen molar-refractivity contribution >= 4 is 5.91 Å². The highest BCUT2D eigenvalue weighted by molar-refractivity contribution is 5.91. The van der Waals surface area contributed by atoms with E-state index in [9.17, 15) is 4.79 Å². The molecule has 0 unspecified atom stereocenters. The SMILES string of the molecule is CN(C)C(=O)C1=C[C@@H](c2ccc3c(c2)OCO3)C[C@@H](OCCCCO)O1. The largest absolute Gasteiger partial charge is 0.459 e. The van der Waals surface area contributed by atoms with Gasteiger partial charge in [-0.05, 0) is 36.6 Å². The molecule has 0 fully saturated rings. The summed E-state index contributed by atoms with van der Waals surface area (Å²) in [6.45, 7) is 0.838. The summed E-state index contributed by atoms with van der Waals surface area (Å²) in [5.74, 6) is 1.50. The van der Waals surface area contributed by atoms with Gasteiger partial charge in [0, 0.05) is 33.0 Å². The van der Waals surface area contributed by atoms with Gasteiger partial charge < -0.3 is 29.0 Å². The van der Waals surface area contributed by atoms with Gasteiger partial charge in [-0.25, -0.2) is 0 Å². The number of nitrogens with zero attached hydrogens (tertiary/aromatic N) is 1. The van der Waals surface area contributed by atoms with Gasteiger partial charge in [-0.15, -0.1) is 0 Å². The molecule has 3 rings (SSSR count). The molecule has 0 radical (unpaired) electrons. The van der Waals surface area contributed by atoms with E-state index in [1.54, 1.807) is 14.1 Å². The lowest BCUT2D eigenvalue weighted by atomic mass is 9.92. The van der Waals surface area contributed by atoms with Crippen molar-refractivity contribution in [2.24, 2.45) is 0 Å². The molecule has 0 spiro atoms. The molecule has 0 saturated heterocycles. The summed E-state index contributed by atoms with van der Waals surface area (Å²) in [5.41, 5.74) is 1.02. The Morgan fingerprint density at radius 1 is 1.27 bits per heavy atom. The number of allylic oxidation sites excluding steroid dienone is 1. The van der Waals surface area contributed by atoms with E-state index >= 15 is 0 Å². The fraction of sp³-hybridized carbons (Fsp3) is 0.526. The van der Waals surface area contributed by atoms with E-state index in [0.717, 1.165) is 17.7 Å². The van der Waals surface area contributed by atoms with Crippen LogP contribution in [0.5, 0.6) is 11.5 Å². The van der Waals surface area contributed by atoms with E-state index < -0.39 is 6.29 Å². The maximum Gasteiger partial charge on any atom is 0.288 e. The van der Waals surface area contributed by atoms with Crippen molar-refractivity contribution in [1.82, 2.24) is 4.90 Å². The normalized spacial score (nSPS) is 21.1. The second kappa shape index (κ2) is 8.42. The predicted octanol–water partition coefficient (Wildman–Crippen LogP) is 2.01. The van der Waals surface area contributed by atoms with E-state index in [4.69, 9.17) is 24.1 Å². The van der Waals surface area contributed by atoms with Gasteiger partial charge in [-0.3, -0.25) is 4.79 Å². The van der Waals surface area contributed by atoms with Gasteiger partial charge in [0.15, 0.2) is 17.3 Å². The minimum Gasteiger partial charge on any atom is -0.459 e. The number of benzene rings is 1. The van der Waals surface area contributed by atoms with Crippen molar-refractivity contribution in [1.29, 1.82) is 0 Å². The molecule has 0 bridgehead atoms. The van der Waals surface area contributed by atoms with Crippen LogP contribution in [0.3, 0.4) is 0 Å². The lowest BCUT2D eigenvalue weighted by Crippen LogP contribution is -2.32. The van der Waals surface area contributed by atoms with E-state index in [-0.39, 0.29) is 31.0 Å². The van der Waals surface area contributed by atoms with Gasteiger partial charge in [0.05, 0.1) is 6.61 Å². The zero-order chi connectivity index (χ0) is 18.5. The number of fused-ring (bicyclic) bond motifs is 1. The van der Waals surface area contributed by atoms with E-state index in [0.29, 0.717) is 25.2 Å². The molecule has 0 aromatic heterocycles. The van der Waals surface area contributed by atoms with Gasteiger partial charge in [0.1, 0.15) is 0 Å². The van der Waals surface area contributed by atoms with Crippen molar-refractivity contribution in [2.45, 2.75) is 31.5 Å². The molecule has 0 saturated carbocycles. The molecule has 2 heterocycles. The highest BCUT2D eigenvalue weighted by Gasteiger charge is 2.30. The van der Waals surface area contributed by atoms with Crippen LogP contribution in [-0.2, 0) is 14.3 Å². The molecular formula is C19H25NO6. The maximum atomic E-state index is 12.4. The Morgan fingerprint density at radius 3 is 2.85 bits per heavy atom. The van der Waals surface area contributed by atoms with E-state index in [1.165, 1.54) is 4.90 Å². The summed E-state index contributed by atoms with van der Waals surface area (Å²) in [4.78, 5) is 13.9. The predicted molar refractivity (Wildman–Crippen MR) is 93.8 cm³/mol. The number of rotatable bonds is 7. The average molecular weight is 363 g/mol. The number of ether oxygens (including phenoxy) is 4. The van der Waals surface area contributed by atoms with Gasteiger partial charge in [-0.1, -0.05) is 6.07 Å². The lowest BCUT2D eigenvalue weighted by Gasteiger charge is -2.30. The standard InChI is InChI=1S/C19H25NO6/c1-20(2)19(22)17-10-14(11-18(26-17)23-8-4-3-7-21)13-5-6-15-16(9-13)25-12-24-15/h5-6,9-10,14,18,21H,3-4,7-8,11-12H2,1-2H3/t14-,18+/m1/s1. The monoisotopic (exact) mass is 363 g/mol. The van der Waals surface area contributed by atoms with Crippen LogP contribution in [0.4, 0.5) is 0 Å². The maximum absolute atomic E-state index is 12.4. The lowest BCUT2D eigenvalue weighted by molar-refractivity contribution is -0.151. The number of amides is 1. The van der Waals surface area contributed by atoms with Gasteiger partial charge in [0.2, 0.25) is 13.1 Å². The summed E-state index contributed by atoms with van der Waals surface area (Å²) in [6.07, 6.45) is 3.35. The number of carbonyl (C=O) groups excluding carboxylic acids is 1. The molecule has 2 aliphatic rings. The topological polar surface area (TPSA) is 77.5 Å². The van der Waals surface area contributed by atoms with Crippen LogP contribution in [0.2, 0.25) is 0 Å². The van der Waals surface area contributed by atoms with Gasteiger partial charge in [-0.2, -0.15) is 0 Å². The minimum absolute atomic E-state index is 0.0278. The van der Waals surface area contributed by atoms with Crippen molar-refractivity contribution in [3.8, 4) is 11.5 Å². The van der Waals surface area contributed by atoms with Crippen molar-refractivity contribution in [2.75, 3.05) is 34.1 Å². The first-order valence-corrected chi connectivity index (χ1v) is 8.80. The smallest absolute Gasteiger partial charge is 0.288 e. The number of likely N-dealkylation sites (N-methyl/N-ethyl adjacent to an activating group) is 1. The first kappa shape index (κ1) is 18.5. The minimum atomic E-state index is -0.506. The van der Waals surface area contributed by atoms with Crippen LogP contribution in [0.15, 0.2) is 30.0 Å². The molecule has 142 valence electrons. The van der Waals surface area contributed by atoms with Crippen molar-refractivity contribution < 1.29 is 28.8 Å². The van der Waals surface area contributed by atoms with E-state index in [1.807, 2.05) is 24.3 Å². The fourth-order valence-electron chi connectivity index (χ4n) is 2.94. The second-order valence-electron chi connectivity index (χ2n) is 6.53. The molecule has 1 amide bonds. The van der Waals surface area contributed by atoms with Crippen LogP contribution >= 0.6 is 0 Å². The Hall–Kier alpha value is -2.25. The Labute approximate surface area is 153 Å². The first-order chi connectivity index (χ1) is 12.6.